The molecule has 0 bridgehead atoms. The average Bonchev–Trinajstić information content (AvgIpc) is 2.80. The van der Waals surface area contributed by atoms with Crippen LogP contribution in [0.25, 0.3) is 0 Å². The van der Waals surface area contributed by atoms with E-state index in [0.717, 1.165) is 25.7 Å². The van der Waals surface area contributed by atoms with Crippen molar-refractivity contribution in [3.05, 3.63) is 22.4 Å². The summed E-state index contributed by atoms with van der Waals surface area (Å²) < 4.78 is 0. The molecule has 2 unspecified atom stereocenters. The first kappa shape index (κ1) is 12.8. The number of ketones is 1. The lowest BCUT2D eigenvalue weighted by atomic mass is 9.92. The summed E-state index contributed by atoms with van der Waals surface area (Å²) >= 11 is 1.82. The first-order valence-corrected chi connectivity index (χ1v) is 7.31. The van der Waals surface area contributed by atoms with Gasteiger partial charge in [-0.1, -0.05) is 6.07 Å². The van der Waals surface area contributed by atoms with Gasteiger partial charge in [-0.25, -0.2) is 0 Å². The van der Waals surface area contributed by atoms with Gasteiger partial charge in [0, 0.05) is 29.8 Å². The molecule has 1 heterocycles. The molecule has 1 aromatic rings. The molecule has 0 spiro atoms. The van der Waals surface area contributed by atoms with Gasteiger partial charge in [-0.05, 0) is 44.7 Å². The molecule has 1 saturated carbocycles. The van der Waals surface area contributed by atoms with Crippen LogP contribution in [0.3, 0.4) is 0 Å². The zero-order chi connectivity index (χ0) is 12.3. The van der Waals surface area contributed by atoms with Gasteiger partial charge in [0.25, 0.3) is 0 Å². The number of hydrogen-bond acceptors (Lipinski definition) is 3. The second-order valence-electron chi connectivity index (χ2n) is 5.09. The Hall–Kier alpha value is -0.670. The van der Waals surface area contributed by atoms with Crippen molar-refractivity contribution in [2.24, 2.45) is 0 Å². The molecule has 94 valence electrons. The number of Topliss-reactive ketones (excluding diaryl/α,β-unsaturated/α-hetero) is 1. The lowest BCUT2D eigenvalue weighted by Gasteiger charge is -2.35. The Kier molecular flexibility index (Phi) is 4.35. The predicted octanol–water partition coefficient (Wildman–Crippen LogP) is 3.12. The van der Waals surface area contributed by atoms with Gasteiger partial charge in [-0.2, -0.15) is 0 Å². The fourth-order valence-electron chi connectivity index (χ4n) is 2.57. The number of rotatable bonds is 4. The van der Waals surface area contributed by atoms with E-state index < -0.39 is 0 Å². The van der Waals surface area contributed by atoms with E-state index in [4.69, 9.17) is 0 Å². The summed E-state index contributed by atoms with van der Waals surface area (Å²) in [6.45, 7) is 2.26. The third-order valence-electron chi connectivity index (χ3n) is 3.80. The van der Waals surface area contributed by atoms with Crippen molar-refractivity contribution in [3.63, 3.8) is 0 Å². The van der Waals surface area contributed by atoms with Gasteiger partial charge in [0.05, 0.1) is 0 Å². The molecule has 0 aliphatic heterocycles. The van der Waals surface area contributed by atoms with Crippen LogP contribution in [-0.4, -0.2) is 29.8 Å². The van der Waals surface area contributed by atoms with E-state index in [1.807, 2.05) is 11.3 Å². The average molecular weight is 251 g/mol. The zero-order valence-electron chi connectivity index (χ0n) is 10.7. The minimum Gasteiger partial charge on any atom is -0.300 e. The van der Waals surface area contributed by atoms with Gasteiger partial charge in [-0.3, -0.25) is 9.69 Å². The Morgan fingerprint density at radius 2 is 2.41 bits per heavy atom. The van der Waals surface area contributed by atoms with Crippen molar-refractivity contribution < 1.29 is 4.79 Å². The van der Waals surface area contributed by atoms with Crippen LogP contribution in [0.2, 0.25) is 0 Å². The summed E-state index contributed by atoms with van der Waals surface area (Å²) in [6, 6.07) is 5.29. The van der Waals surface area contributed by atoms with Crippen molar-refractivity contribution in [2.45, 2.75) is 51.1 Å². The van der Waals surface area contributed by atoms with Crippen LogP contribution >= 0.6 is 11.3 Å². The standard InChI is InChI=1S/C14H21NOS/c1-11(9-14-7-4-8-17-14)15(2)12-5-3-6-13(16)10-12/h4,7-8,11-12H,3,5-6,9-10H2,1-2H3. The molecule has 0 aromatic carbocycles. The largest absolute Gasteiger partial charge is 0.300 e. The number of hydrogen-bond donors (Lipinski definition) is 0. The van der Waals surface area contributed by atoms with E-state index in [2.05, 4.69) is 36.4 Å². The highest BCUT2D eigenvalue weighted by Gasteiger charge is 2.25. The summed E-state index contributed by atoms with van der Waals surface area (Å²) in [7, 11) is 2.17. The normalized spacial score (nSPS) is 23.0. The maximum Gasteiger partial charge on any atom is 0.134 e. The SMILES string of the molecule is CC(Cc1cccs1)N(C)C1CCCC(=O)C1. The molecule has 0 amide bonds. The third-order valence-corrected chi connectivity index (χ3v) is 4.70. The molecule has 3 heteroatoms. The van der Waals surface area contributed by atoms with Crippen molar-refractivity contribution in [1.82, 2.24) is 4.90 Å². The van der Waals surface area contributed by atoms with E-state index in [9.17, 15) is 4.79 Å². The summed E-state index contributed by atoms with van der Waals surface area (Å²) in [5.41, 5.74) is 0. The maximum atomic E-state index is 11.5. The fourth-order valence-corrected chi connectivity index (χ4v) is 3.40. The Balaban J connectivity index is 1.89. The van der Waals surface area contributed by atoms with Crippen LogP contribution in [0.1, 0.15) is 37.5 Å². The molecule has 2 rings (SSSR count). The number of thiophene rings is 1. The van der Waals surface area contributed by atoms with E-state index in [1.165, 1.54) is 11.3 Å². The molecule has 1 aliphatic carbocycles. The summed E-state index contributed by atoms with van der Waals surface area (Å²) in [5.74, 6) is 0.441. The Morgan fingerprint density at radius 3 is 3.06 bits per heavy atom. The topological polar surface area (TPSA) is 20.3 Å². The van der Waals surface area contributed by atoms with E-state index >= 15 is 0 Å². The van der Waals surface area contributed by atoms with Gasteiger partial charge in [0.2, 0.25) is 0 Å². The summed E-state index contributed by atoms with van der Waals surface area (Å²) in [4.78, 5) is 15.3. The smallest absolute Gasteiger partial charge is 0.134 e. The minimum absolute atomic E-state index is 0.441. The van der Waals surface area contributed by atoms with Crippen molar-refractivity contribution >= 4 is 17.1 Å². The summed E-state index contributed by atoms with van der Waals surface area (Å²) in [5, 5.41) is 2.13. The van der Waals surface area contributed by atoms with Crippen LogP contribution in [0.15, 0.2) is 17.5 Å². The molecule has 1 aliphatic rings. The Labute approximate surface area is 108 Å². The lowest BCUT2D eigenvalue weighted by molar-refractivity contribution is -0.122. The number of nitrogens with zero attached hydrogens (tertiary/aromatic N) is 1. The lowest BCUT2D eigenvalue weighted by Crippen LogP contribution is -2.42. The van der Waals surface area contributed by atoms with Gasteiger partial charge < -0.3 is 0 Å². The molecule has 2 nitrogen and oxygen atoms in total. The van der Waals surface area contributed by atoms with E-state index in [-0.39, 0.29) is 0 Å². The molecule has 0 saturated heterocycles. The molecule has 17 heavy (non-hydrogen) atoms. The monoisotopic (exact) mass is 251 g/mol. The quantitative estimate of drug-likeness (QED) is 0.819. The highest BCUT2D eigenvalue weighted by Crippen LogP contribution is 2.22. The molecule has 0 N–H and O–H groups in total. The molecule has 0 radical (unpaired) electrons. The number of likely N-dealkylation sites (N-methyl/N-ethyl adjacent to an activating group) is 1. The Bertz CT molecular complexity index is 360. The van der Waals surface area contributed by atoms with E-state index in [1.54, 1.807) is 0 Å². The molecule has 1 aromatic heterocycles. The van der Waals surface area contributed by atoms with Crippen LogP contribution in [-0.2, 0) is 11.2 Å². The van der Waals surface area contributed by atoms with Crippen LogP contribution in [0.4, 0.5) is 0 Å². The van der Waals surface area contributed by atoms with Gasteiger partial charge in [0.1, 0.15) is 5.78 Å². The van der Waals surface area contributed by atoms with Crippen molar-refractivity contribution in [2.75, 3.05) is 7.05 Å². The zero-order valence-corrected chi connectivity index (χ0v) is 11.5. The number of carbonyl (C=O) groups is 1. The van der Waals surface area contributed by atoms with Crippen molar-refractivity contribution in [3.8, 4) is 0 Å². The van der Waals surface area contributed by atoms with Crippen LogP contribution in [0, 0.1) is 0 Å². The number of carbonyl (C=O) groups excluding carboxylic acids is 1. The predicted molar refractivity (Wildman–Crippen MR) is 72.5 cm³/mol. The summed E-state index contributed by atoms with van der Waals surface area (Å²) in [6.07, 6.45) is 4.89. The first-order chi connectivity index (χ1) is 8.16. The Morgan fingerprint density at radius 1 is 1.59 bits per heavy atom. The van der Waals surface area contributed by atoms with Crippen LogP contribution in [0.5, 0.6) is 0 Å². The minimum atomic E-state index is 0.441. The third kappa shape index (κ3) is 3.39. The van der Waals surface area contributed by atoms with Crippen molar-refractivity contribution in [1.29, 1.82) is 0 Å². The second kappa shape index (κ2) is 5.78. The first-order valence-electron chi connectivity index (χ1n) is 6.43. The maximum absolute atomic E-state index is 11.5. The van der Waals surface area contributed by atoms with E-state index in [0.29, 0.717) is 17.9 Å². The van der Waals surface area contributed by atoms with Gasteiger partial charge in [-0.15, -0.1) is 11.3 Å². The van der Waals surface area contributed by atoms with Gasteiger partial charge >= 0.3 is 0 Å². The molecular weight excluding hydrogens is 230 g/mol. The van der Waals surface area contributed by atoms with Gasteiger partial charge in [0.15, 0.2) is 0 Å². The highest BCUT2D eigenvalue weighted by atomic mass is 32.1. The van der Waals surface area contributed by atoms with Crippen LogP contribution < -0.4 is 0 Å². The highest BCUT2D eigenvalue weighted by molar-refractivity contribution is 7.09. The second-order valence-corrected chi connectivity index (χ2v) is 6.12. The fraction of sp³-hybridized carbons (Fsp3) is 0.643. The molecular formula is C14H21NOS. The molecule has 1 fully saturated rings. The molecule has 2 atom stereocenters.